The fourth-order valence-corrected chi connectivity index (χ4v) is 2.40. The Labute approximate surface area is 90.3 Å². The molecule has 2 rings (SSSR count). The first-order chi connectivity index (χ1) is 6.70. The lowest BCUT2D eigenvalue weighted by molar-refractivity contribution is 0.664. The highest BCUT2D eigenvalue weighted by Gasteiger charge is 2.17. The maximum atomic E-state index is 6.01. The average molecular weight is 229 g/mol. The summed E-state index contributed by atoms with van der Waals surface area (Å²) < 4.78 is 1.65. The maximum Gasteiger partial charge on any atom is 0.148 e. The van der Waals surface area contributed by atoms with Gasteiger partial charge >= 0.3 is 0 Å². The lowest BCUT2D eigenvalue weighted by Gasteiger charge is -2.08. The standard InChI is InChI=1S/C8H9ClN4S/c1-13-8(11-4-12-13)6(10)7-5(9)2-3-14-7/h2-4,6H,10H2,1H3. The molecule has 2 aromatic rings. The van der Waals surface area contributed by atoms with Gasteiger partial charge in [-0.25, -0.2) is 4.98 Å². The number of halogens is 1. The van der Waals surface area contributed by atoms with Crippen LogP contribution in [0, 0.1) is 0 Å². The third-order valence-corrected chi connectivity index (χ3v) is 3.39. The summed E-state index contributed by atoms with van der Waals surface area (Å²) in [5.41, 5.74) is 6.01. The SMILES string of the molecule is Cn1ncnc1C(N)c1sccc1Cl. The normalized spacial score (nSPS) is 13.1. The van der Waals surface area contributed by atoms with Crippen molar-refractivity contribution >= 4 is 22.9 Å². The zero-order chi connectivity index (χ0) is 10.1. The Hall–Kier alpha value is -0.910. The zero-order valence-electron chi connectivity index (χ0n) is 7.51. The first-order valence-electron chi connectivity index (χ1n) is 4.02. The Morgan fingerprint density at radius 1 is 1.64 bits per heavy atom. The molecule has 0 fully saturated rings. The average Bonchev–Trinajstić information content (AvgIpc) is 2.73. The van der Waals surface area contributed by atoms with Crippen molar-refractivity contribution in [2.45, 2.75) is 6.04 Å². The highest BCUT2D eigenvalue weighted by Crippen LogP contribution is 2.29. The molecular weight excluding hydrogens is 220 g/mol. The molecule has 4 nitrogen and oxygen atoms in total. The summed E-state index contributed by atoms with van der Waals surface area (Å²) in [7, 11) is 1.81. The summed E-state index contributed by atoms with van der Waals surface area (Å²) in [5, 5.41) is 6.56. The number of hydrogen-bond acceptors (Lipinski definition) is 4. The van der Waals surface area contributed by atoms with Crippen LogP contribution in [0.5, 0.6) is 0 Å². The smallest absolute Gasteiger partial charge is 0.148 e. The zero-order valence-corrected chi connectivity index (χ0v) is 9.09. The lowest BCUT2D eigenvalue weighted by atomic mass is 10.2. The molecule has 2 aromatic heterocycles. The van der Waals surface area contributed by atoms with Crippen LogP contribution in [0.2, 0.25) is 5.02 Å². The van der Waals surface area contributed by atoms with Crippen LogP contribution in [-0.2, 0) is 7.05 Å². The van der Waals surface area contributed by atoms with Crippen LogP contribution >= 0.6 is 22.9 Å². The van der Waals surface area contributed by atoms with Crippen molar-refractivity contribution in [1.29, 1.82) is 0 Å². The van der Waals surface area contributed by atoms with Crippen LogP contribution in [0.1, 0.15) is 16.7 Å². The minimum atomic E-state index is -0.296. The molecule has 14 heavy (non-hydrogen) atoms. The molecule has 6 heteroatoms. The summed E-state index contributed by atoms with van der Waals surface area (Å²) in [6, 6.07) is 1.53. The third-order valence-electron chi connectivity index (χ3n) is 1.95. The van der Waals surface area contributed by atoms with Crippen LogP contribution in [0.3, 0.4) is 0 Å². The molecule has 2 N–H and O–H groups in total. The number of aryl methyl sites for hydroxylation is 1. The number of aromatic nitrogens is 3. The van der Waals surface area contributed by atoms with E-state index in [2.05, 4.69) is 10.1 Å². The van der Waals surface area contributed by atoms with Gasteiger partial charge in [-0.15, -0.1) is 11.3 Å². The first-order valence-corrected chi connectivity index (χ1v) is 5.28. The van der Waals surface area contributed by atoms with E-state index in [-0.39, 0.29) is 6.04 Å². The Bertz CT molecular complexity index is 396. The van der Waals surface area contributed by atoms with Crippen molar-refractivity contribution in [1.82, 2.24) is 14.8 Å². The van der Waals surface area contributed by atoms with Gasteiger partial charge in [0, 0.05) is 11.9 Å². The third kappa shape index (κ3) is 1.54. The van der Waals surface area contributed by atoms with Gasteiger partial charge in [0.05, 0.1) is 5.02 Å². The fourth-order valence-electron chi connectivity index (χ4n) is 1.23. The van der Waals surface area contributed by atoms with Gasteiger partial charge in [0.25, 0.3) is 0 Å². The predicted molar refractivity (Wildman–Crippen MR) is 56.4 cm³/mol. The van der Waals surface area contributed by atoms with Crippen molar-refractivity contribution in [3.8, 4) is 0 Å². The number of hydrogen-bond donors (Lipinski definition) is 1. The quantitative estimate of drug-likeness (QED) is 0.849. The monoisotopic (exact) mass is 228 g/mol. The Morgan fingerprint density at radius 3 is 2.93 bits per heavy atom. The number of rotatable bonds is 2. The van der Waals surface area contributed by atoms with Gasteiger partial charge in [0.2, 0.25) is 0 Å². The second-order valence-corrected chi connectivity index (χ2v) is 4.21. The molecule has 0 amide bonds. The minimum Gasteiger partial charge on any atom is -0.317 e. The summed E-state index contributed by atoms with van der Waals surface area (Å²) in [4.78, 5) is 5.01. The highest BCUT2D eigenvalue weighted by molar-refractivity contribution is 7.10. The predicted octanol–water partition coefficient (Wildman–Crippen LogP) is 1.58. The molecule has 1 unspecified atom stereocenters. The summed E-state index contributed by atoms with van der Waals surface area (Å²) in [5.74, 6) is 0.717. The molecule has 74 valence electrons. The molecule has 0 radical (unpaired) electrons. The number of nitrogens with zero attached hydrogens (tertiary/aromatic N) is 3. The molecule has 1 atom stereocenters. The second-order valence-electron chi connectivity index (χ2n) is 2.85. The van der Waals surface area contributed by atoms with E-state index in [1.165, 1.54) is 17.7 Å². The second kappa shape index (κ2) is 3.68. The Balaban J connectivity index is 2.38. The minimum absolute atomic E-state index is 0.296. The van der Waals surface area contributed by atoms with Gasteiger partial charge in [-0.3, -0.25) is 4.68 Å². The van der Waals surface area contributed by atoms with E-state index in [0.29, 0.717) is 10.8 Å². The first kappa shape index (κ1) is 9.64. The van der Waals surface area contributed by atoms with Gasteiger partial charge in [-0.1, -0.05) is 11.6 Å². The van der Waals surface area contributed by atoms with Crippen LogP contribution < -0.4 is 5.73 Å². The van der Waals surface area contributed by atoms with E-state index in [1.54, 1.807) is 4.68 Å². The van der Waals surface area contributed by atoms with Crippen molar-refractivity contribution < 1.29 is 0 Å². The summed E-state index contributed by atoms with van der Waals surface area (Å²) >= 11 is 7.50. The van der Waals surface area contributed by atoms with E-state index in [4.69, 9.17) is 17.3 Å². The van der Waals surface area contributed by atoms with Crippen LogP contribution in [0.25, 0.3) is 0 Å². The van der Waals surface area contributed by atoms with E-state index in [1.807, 2.05) is 18.5 Å². The van der Waals surface area contributed by atoms with E-state index < -0.39 is 0 Å². The summed E-state index contributed by atoms with van der Waals surface area (Å²) in [6.07, 6.45) is 1.48. The van der Waals surface area contributed by atoms with Gasteiger partial charge < -0.3 is 5.73 Å². The van der Waals surface area contributed by atoms with Gasteiger partial charge in [-0.05, 0) is 11.4 Å². The molecule has 2 heterocycles. The van der Waals surface area contributed by atoms with Gasteiger partial charge in [0.15, 0.2) is 0 Å². The largest absolute Gasteiger partial charge is 0.317 e. The molecule has 0 aliphatic carbocycles. The number of nitrogens with two attached hydrogens (primary N) is 1. The van der Waals surface area contributed by atoms with Crippen LogP contribution in [0.15, 0.2) is 17.8 Å². The molecule has 0 bridgehead atoms. The van der Waals surface area contributed by atoms with Crippen LogP contribution in [-0.4, -0.2) is 14.8 Å². The lowest BCUT2D eigenvalue weighted by Crippen LogP contribution is -2.16. The van der Waals surface area contributed by atoms with Crippen molar-refractivity contribution in [2.75, 3.05) is 0 Å². The molecule has 0 saturated carbocycles. The maximum absolute atomic E-state index is 6.01. The van der Waals surface area contributed by atoms with Crippen molar-refractivity contribution in [3.05, 3.63) is 33.5 Å². The molecule has 0 saturated heterocycles. The van der Waals surface area contributed by atoms with Gasteiger partial charge in [-0.2, -0.15) is 5.10 Å². The Morgan fingerprint density at radius 2 is 2.43 bits per heavy atom. The highest BCUT2D eigenvalue weighted by atomic mass is 35.5. The van der Waals surface area contributed by atoms with Crippen LogP contribution in [0.4, 0.5) is 0 Å². The van der Waals surface area contributed by atoms with E-state index in [0.717, 1.165) is 4.88 Å². The van der Waals surface area contributed by atoms with E-state index in [9.17, 15) is 0 Å². The molecule has 0 aromatic carbocycles. The molecule has 0 aliphatic heterocycles. The molecular formula is C8H9ClN4S. The van der Waals surface area contributed by atoms with Gasteiger partial charge in [0.1, 0.15) is 18.2 Å². The molecule has 0 aliphatic rings. The summed E-state index contributed by atoms with van der Waals surface area (Å²) in [6.45, 7) is 0. The van der Waals surface area contributed by atoms with E-state index >= 15 is 0 Å². The Kier molecular flexibility index (Phi) is 2.54. The topological polar surface area (TPSA) is 56.7 Å². The number of thiophene rings is 1. The van der Waals surface area contributed by atoms with Crippen molar-refractivity contribution in [3.63, 3.8) is 0 Å². The fraction of sp³-hybridized carbons (Fsp3) is 0.250. The molecule has 0 spiro atoms. The van der Waals surface area contributed by atoms with Crippen molar-refractivity contribution in [2.24, 2.45) is 12.8 Å².